The fourth-order valence-electron chi connectivity index (χ4n) is 1.95. The lowest BCUT2D eigenvalue weighted by Gasteiger charge is -2.09. The van der Waals surface area contributed by atoms with Crippen molar-refractivity contribution < 1.29 is 35.9 Å². The van der Waals surface area contributed by atoms with Gasteiger partial charge in [0, 0.05) is 13.1 Å². The van der Waals surface area contributed by atoms with Crippen LogP contribution in [0.4, 0.5) is 26.3 Å². The van der Waals surface area contributed by atoms with Crippen molar-refractivity contribution >= 4 is 11.8 Å². The maximum absolute atomic E-state index is 13.4. The van der Waals surface area contributed by atoms with Crippen molar-refractivity contribution in [1.29, 1.82) is 0 Å². The predicted octanol–water partition coefficient (Wildman–Crippen LogP) is 2.68. The van der Waals surface area contributed by atoms with Gasteiger partial charge in [0.25, 0.3) is 11.8 Å². The van der Waals surface area contributed by atoms with Gasteiger partial charge in [0.1, 0.15) is 0 Å². The first-order valence-electron chi connectivity index (χ1n) is 7.07. The standard InChI is InChI=1S/C16H10F6N2O2/c17-9-3-1-7(11(19)13(9)21)15(25)23-5-6-24-16(26)8-2-4-10(18)14(22)12(8)20/h1-4H,5-6H2,(H,23,25)(H,24,26). The zero-order valence-electron chi connectivity index (χ0n) is 12.8. The molecule has 0 aliphatic carbocycles. The molecule has 0 radical (unpaired) electrons. The van der Waals surface area contributed by atoms with Crippen LogP contribution >= 0.6 is 0 Å². The van der Waals surface area contributed by atoms with Crippen LogP contribution in [0.25, 0.3) is 0 Å². The van der Waals surface area contributed by atoms with E-state index in [-0.39, 0.29) is 13.1 Å². The summed E-state index contributed by atoms with van der Waals surface area (Å²) in [5, 5.41) is 4.24. The first kappa shape index (κ1) is 19.3. The second kappa shape index (κ2) is 7.89. The minimum atomic E-state index is -1.81. The van der Waals surface area contributed by atoms with Crippen molar-refractivity contribution in [3.05, 3.63) is 70.3 Å². The van der Waals surface area contributed by atoms with Crippen LogP contribution in [-0.4, -0.2) is 24.9 Å². The van der Waals surface area contributed by atoms with Crippen LogP contribution in [0.3, 0.4) is 0 Å². The molecule has 0 unspecified atom stereocenters. The Morgan fingerprint density at radius 1 is 0.615 bits per heavy atom. The lowest BCUT2D eigenvalue weighted by Crippen LogP contribution is -2.35. The number of hydrogen-bond acceptors (Lipinski definition) is 2. The third-order valence-corrected chi connectivity index (χ3v) is 3.26. The predicted molar refractivity (Wildman–Crippen MR) is 77.3 cm³/mol. The van der Waals surface area contributed by atoms with Gasteiger partial charge < -0.3 is 10.6 Å². The average molecular weight is 376 g/mol. The van der Waals surface area contributed by atoms with Gasteiger partial charge in [-0.2, -0.15) is 0 Å². The summed E-state index contributed by atoms with van der Waals surface area (Å²) in [6, 6.07) is 2.61. The topological polar surface area (TPSA) is 58.2 Å². The van der Waals surface area contributed by atoms with Crippen molar-refractivity contribution in [1.82, 2.24) is 10.6 Å². The van der Waals surface area contributed by atoms with Crippen LogP contribution in [0, 0.1) is 34.9 Å². The Morgan fingerprint density at radius 3 is 1.31 bits per heavy atom. The SMILES string of the molecule is O=C(NCCNC(=O)c1ccc(F)c(F)c1F)c1ccc(F)c(F)c1F. The molecule has 26 heavy (non-hydrogen) atoms. The number of nitrogens with one attached hydrogen (secondary N) is 2. The summed E-state index contributed by atoms with van der Waals surface area (Å²) in [5.74, 6) is -12.0. The van der Waals surface area contributed by atoms with Gasteiger partial charge in [-0.15, -0.1) is 0 Å². The molecule has 0 saturated heterocycles. The number of halogens is 6. The lowest BCUT2D eigenvalue weighted by molar-refractivity contribution is 0.0922. The highest BCUT2D eigenvalue weighted by atomic mass is 19.2. The van der Waals surface area contributed by atoms with Crippen LogP contribution in [-0.2, 0) is 0 Å². The number of carbonyl (C=O) groups excluding carboxylic acids is 2. The van der Waals surface area contributed by atoms with Crippen LogP contribution < -0.4 is 10.6 Å². The molecule has 0 fully saturated rings. The Hall–Kier alpha value is -3.04. The summed E-state index contributed by atoms with van der Waals surface area (Å²) >= 11 is 0. The van der Waals surface area contributed by atoms with Gasteiger partial charge in [0.2, 0.25) is 0 Å². The van der Waals surface area contributed by atoms with Gasteiger partial charge in [0.05, 0.1) is 11.1 Å². The smallest absolute Gasteiger partial charge is 0.254 e. The molecule has 0 atom stereocenters. The van der Waals surface area contributed by atoms with Crippen LogP contribution in [0.15, 0.2) is 24.3 Å². The lowest BCUT2D eigenvalue weighted by atomic mass is 10.2. The van der Waals surface area contributed by atoms with Gasteiger partial charge in [-0.25, -0.2) is 26.3 Å². The normalized spacial score (nSPS) is 10.5. The molecule has 0 aromatic heterocycles. The molecule has 138 valence electrons. The van der Waals surface area contributed by atoms with Gasteiger partial charge in [-0.05, 0) is 24.3 Å². The summed E-state index contributed by atoms with van der Waals surface area (Å²) in [6.07, 6.45) is 0. The van der Waals surface area contributed by atoms with E-state index in [9.17, 15) is 35.9 Å². The first-order chi connectivity index (χ1) is 12.2. The molecule has 2 rings (SSSR count). The maximum Gasteiger partial charge on any atom is 0.254 e. The van der Waals surface area contributed by atoms with Crippen molar-refractivity contribution in [2.45, 2.75) is 0 Å². The average Bonchev–Trinajstić information content (AvgIpc) is 2.61. The molecule has 4 nitrogen and oxygen atoms in total. The van der Waals surface area contributed by atoms with E-state index in [1.54, 1.807) is 0 Å². The van der Waals surface area contributed by atoms with Gasteiger partial charge in [-0.1, -0.05) is 0 Å². The molecule has 0 aliphatic rings. The zero-order chi connectivity index (χ0) is 19.4. The quantitative estimate of drug-likeness (QED) is 0.479. The van der Waals surface area contributed by atoms with E-state index in [1.807, 2.05) is 0 Å². The van der Waals surface area contributed by atoms with Crippen LogP contribution in [0.1, 0.15) is 20.7 Å². The third-order valence-electron chi connectivity index (χ3n) is 3.26. The fraction of sp³-hybridized carbons (Fsp3) is 0.125. The fourth-order valence-corrected chi connectivity index (χ4v) is 1.95. The Labute approximate surface area is 142 Å². The Bertz CT molecular complexity index is 801. The third kappa shape index (κ3) is 3.95. The molecule has 0 aliphatic heterocycles. The van der Waals surface area contributed by atoms with E-state index in [4.69, 9.17) is 0 Å². The summed E-state index contributed by atoms with van der Waals surface area (Å²) in [6.45, 7) is -0.567. The van der Waals surface area contributed by atoms with Crippen molar-refractivity contribution in [3.8, 4) is 0 Å². The summed E-state index contributed by atoms with van der Waals surface area (Å²) in [7, 11) is 0. The summed E-state index contributed by atoms with van der Waals surface area (Å²) in [5.41, 5.74) is -1.50. The minimum absolute atomic E-state index is 0.283. The second-order valence-electron chi connectivity index (χ2n) is 4.96. The molecule has 2 N–H and O–H groups in total. The minimum Gasteiger partial charge on any atom is -0.350 e. The monoisotopic (exact) mass is 376 g/mol. The van der Waals surface area contributed by atoms with Gasteiger partial charge in [0.15, 0.2) is 34.9 Å². The molecule has 0 saturated carbocycles. The molecular formula is C16H10F6N2O2. The highest BCUT2D eigenvalue weighted by Crippen LogP contribution is 2.16. The molecule has 0 heterocycles. The van der Waals surface area contributed by atoms with Gasteiger partial charge in [-0.3, -0.25) is 9.59 Å². The van der Waals surface area contributed by atoms with E-state index in [2.05, 4.69) is 10.6 Å². The number of benzene rings is 2. The van der Waals surface area contributed by atoms with E-state index in [1.165, 1.54) is 0 Å². The summed E-state index contributed by atoms with van der Waals surface area (Å²) < 4.78 is 78.6. The van der Waals surface area contributed by atoms with Crippen LogP contribution in [0.2, 0.25) is 0 Å². The highest BCUT2D eigenvalue weighted by molar-refractivity contribution is 5.95. The molecule has 2 amide bonds. The largest absolute Gasteiger partial charge is 0.350 e. The van der Waals surface area contributed by atoms with Gasteiger partial charge >= 0.3 is 0 Å². The Morgan fingerprint density at radius 2 is 0.962 bits per heavy atom. The Kier molecular flexibility index (Phi) is 5.86. The number of carbonyl (C=O) groups is 2. The van der Waals surface area contributed by atoms with Crippen molar-refractivity contribution in [3.63, 3.8) is 0 Å². The maximum atomic E-state index is 13.4. The molecule has 2 aromatic rings. The number of amides is 2. The first-order valence-corrected chi connectivity index (χ1v) is 7.07. The zero-order valence-corrected chi connectivity index (χ0v) is 12.8. The van der Waals surface area contributed by atoms with Crippen molar-refractivity contribution in [2.24, 2.45) is 0 Å². The van der Waals surface area contributed by atoms with E-state index in [0.717, 1.165) is 12.1 Å². The van der Waals surface area contributed by atoms with E-state index < -0.39 is 57.8 Å². The number of hydrogen-bond donors (Lipinski definition) is 2. The highest BCUT2D eigenvalue weighted by Gasteiger charge is 2.20. The molecule has 10 heteroatoms. The van der Waals surface area contributed by atoms with Crippen LogP contribution in [0.5, 0.6) is 0 Å². The summed E-state index contributed by atoms with van der Waals surface area (Å²) in [4.78, 5) is 23.4. The Balaban J connectivity index is 1.91. The van der Waals surface area contributed by atoms with E-state index >= 15 is 0 Å². The molecule has 2 aromatic carbocycles. The molecular weight excluding hydrogens is 366 g/mol. The van der Waals surface area contributed by atoms with Crippen molar-refractivity contribution in [2.75, 3.05) is 13.1 Å². The van der Waals surface area contributed by atoms with E-state index in [0.29, 0.717) is 12.1 Å². The number of rotatable bonds is 5. The molecule has 0 bridgehead atoms. The molecule has 0 spiro atoms. The second-order valence-corrected chi connectivity index (χ2v) is 4.96.